The third kappa shape index (κ3) is 5.09. The molecular weight excluding hydrogens is 347 g/mol. The summed E-state index contributed by atoms with van der Waals surface area (Å²) >= 11 is 0. The van der Waals surface area contributed by atoms with Crippen LogP contribution in [0.4, 0.5) is 10.1 Å². The third-order valence-electron chi connectivity index (χ3n) is 3.37. The van der Waals surface area contributed by atoms with Crippen molar-refractivity contribution in [1.29, 1.82) is 0 Å². The van der Waals surface area contributed by atoms with Gasteiger partial charge < -0.3 is 10.1 Å². The zero-order chi connectivity index (χ0) is 18.4. The maximum atomic E-state index is 13.8. The molecule has 0 saturated heterocycles. The highest BCUT2D eigenvalue weighted by Gasteiger charge is 2.16. The van der Waals surface area contributed by atoms with Crippen molar-refractivity contribution in [2.75, 3.05) is 25.6 Å². The Bertz CT molecular complexity index is 869. The highest BCUT2D eigenvalue weighted by Crippen LogP contribution is 2.18. The Morgan fingerprint density at radius 1 is 1.20 bits per heavy atom. The van der Waals surface area contributed by atoms with E-state index in [9.17, 15) is 17.6 Å². The molecule has 0 aliphatic rings. The molecule has 0 aromatic heterocycles. The lowest BCUT2D eigenvalue weighted by atomic mass is 10.2. The number of carbonyl (C=O) groups is 1. The van der Waals surface area contributed by atoms with Crippen LogP contribution in [0.3, 0.4) is 0 Å². The van der Waals surface area contributed by atoms with Crippen molar-refractivity contribution < 1.29 is 22.3 Å². The van der Waals surface area contributed by atoms with Gasteiger partial charge in [-0.05, 0) is 42.8 Å². The van der Waals surface area contributed by atoms with E-state index in [2.05, 4.69) is 10.0 Å². The number of amides is 1. The fourth-order valence-corrected chi connectivity index (χ4v) is 3.15. The van der Waals surface area contributed by atoms with E-state index in [1.54, 1.807) is 13.0 Å². The number of nitrogens with one attached hydrogen (secondary N) is 2. The number of anilines is 1. The number of carbonyl (C=O) groups excluding carboxylic acids is 1. The van der Waals surface area contributed by atoms with Crippen LogP contribution in [0, 0.1) is 12.7 Å². The molecule has 0 unspecified atom stereocenters. The molecule has 0 aliphatic carbocycles. The van der Waals surface area contributed by atoms with E-state index in [0.29, 0.717) is 0 Å². The predicted molar refractivity (Wildman–Crippen MR) is 92.6 cm³/mol. The largest absolute Gasteiger partial charge is 0.383 e. The summed E-state index contributed by atoms with van der Waals surface area (Å²) in [6.07, 6.45) is 0. The number of benzene rings is 2. The predicted octanol–water partition coefficient (Wildman–Crippen LogP) is 2.31. The molecular formula is C17H19FN2O4S. The molecule has 2 rings (SSSR count). The molecule has 2 aromatic rings. The van der Waals surface area contributed by atoms with E-state index >= 15 is 0 Å². The van der Waals surface area contributed by atoms with Crippen LogP contribution >= 0.6 is 0 Å². The number of hydrogen-bond donors (Lipinski definition) is 2. The molecule has 0 saturated carbocycles. The zero-order valence-electron chi connectivity index (χ0n) is 13.9. The number of aryl methyl sites for hydroxylation is 1. The van der Waals surface area contributed by atoms with E-state index in [0.717, 1.165) is 5.56 Å². The van der Waals surface area contributed by atoms with Crippen LogP contribution in [-0.2, 0) is 14.8 Å². The van der Waals surface area contributed by atoms with Gasteiger partial charge in [-0.15, -0.1) is 0 Å². The standard InChI is InChI=1S/C17H19FN2O4S/c1-12-6-7-15(18)16(10-12)20-17(21)13-4-3-5-14(11-13)25(22,23)19-8-9-24-2/h3-7,10-11,19H,8-9H2,1-2H3,(H,20,21). The summed E-state index contributed by atoms with van der Waals surface area (Å²) in [5.41, 5.74) is 0.933. The third-order valence-corrected chi connectivity index (χ3v) is 4.83. The molecule has 0 atom stereocenters. The van der Waals surface area contributed by atoms with Crippen LogP contribution in [0.15, 0.2) is 47.4 Å². The number of rotatable bonds is 7. The molecule has 2 aromatic carbocycles. The summed E-state index contributed by atoms with van der Waals surface area (Å²) in [5.74, 6) is -1.16. The quantitative estimate of drug-likeness (QED) is 0.737. The van der Waals surface area contributed by atoms with Gasteiger partial charge in [0.05, 0.1) is 17.2 Å². The van der Waals surface area contributed by atoms with Crippen LogP contribution in [0.5, 0.6) is 0 Å². The van der Waals surface area contributed by atoms with Crippen LogP contribution in [0.2, 0.25) is 0 Å². The molecule has 6 nitrogen and oxygen atoms in total. The molecule has 0 fully saturated rings. The Morgan fingerprint density at radius 2 is 1.96 bits per heavy atom. The monoisotopic (exact) mass is 366 g/mol. The van der Waals surface area contributed by atoms with Gasteiger partial charge in [-0.3, -0.25) is 4.79 Å². The lowest BCUT2D eigenvalue weighted by Crippen LogP contribution is -2.27. The normalized spacial score (nSPS) is 11.3. The molecule has 0 aliphatic heterocycles. The Morgan fingerprint density at radius 3 is 2.68 bits per heavy atom. The maximum absolute atomic E-state index is 13.8. The van der Waals surface area contributed by atoms with Crippen LogP contribution in [0.1, 0.15) is 15.9 Å². The van der Waals surface area contributed by atoms with Crippen molar-refractivity contribution in [3.8, 4) is 0 Å². The van der Waals surface area contributed by atoms with Crippen LogP contribution < -0.4 is 10.0 Å². The number of methoxy groups -OCH3 is 1. The molecule has 0 radical (unpaired) electrons. The van der Waals surface area contributed by atoms with E-state index in [1.807, 2.05) is 0 Å². The fraction of sp³-hybridized carbons (Fsp3) is 0.235. The minimum Gasteiger partial charge on any atom is -0.383 e. The molecule has 0 spiro atoms. The van der Waals surface area contributed by atoms with Gasteiger partial charge in [0, 0.05) is 19.2 Å². The van der Waals surface area contributed by atoms with Gasteiger partial charge in [-0.1, -0.05) is 12.1 Å². The average Bonchev–Trinajstić information content (AvgIpc) is 2.58. The first-order valence-corrected chi connectivity index (χ1v) is 8.98. The summed E-state index contributed by atoms with van der Waals surface area (Å²) in [6.45, 7) is 2.11. The number of ether oxygens (including phenoxy) is 1. The number of sulfonamides is 1. The zero-order valence-corrected chi connectivity index (χ0v) is 14.7. The minimum absolute atomic E-state index is 0.0384. The Balaban J connectivity index is 2.20. The lowest BCUT2D eigenvalue weighted by Gasteiger charge is -2.10. The van der Waals surface area contributed by atoms with Gasteiger partial charge in [0.1, 0.15) is 5.82 Å². The molecule has 0 heterocycles. The second-order valence-corrected chi connectivity index (χ2v) is 7.12. The first-order valence-electron chi connectivity index (χ1n) is 7.49. The Labute approximate surface area is 146 Å². The lowest BCUT2D eigenvalue weighted by molar-refractivity contribution is 0.102. The second-order valence-electron chi connectivity index (χ2n) is 5.36. The summed E-state index contributed by atoms with van der Waals surface area (Å²) in [6, 6.07) is 9.86. The van der Waals surface area contributed by atoms with Gasteiger partial charge in [-0.25, -0.2) is 17.5 Å². The summed E-state index contributed by atoms with van der Waals surface area (Å²) in [7, 11) is -2.30. The number of halogens is 1. The highest BCUT2D eigenvalue weighted by molar-refractivity contribution is 7.89. The molecule has 8 heteroatoms. The van der Waals surface area contributed by atoms with E-state index in [4.69, 9.17) is 4.74 Å². The molecule has 1 amide bonds. The van der Waals surface area contributed by atoms with Crippen molar-refractivity contribution in [3.63, 3.8) is 0 Å². The fourth-order valence-electron chi connectivity index (χ4n) is 2.10. The van der Waals surface area contributed by atoms with Gasteiger partial charge in [0.15, 0.2) is 0 Å². The average molecular weight is 366 g/mol. The van der Waals surface area contributed by atoms with E-state index in [1.165, 1.54) is 43.5 Å². The van der Waals surface area contributed by atoms with Crippen molar-refractivity contribution >= 4 is 21.6 Å². The molecule has 25 heavy (non-hydrogen) atoms. The van der Waals surface area contributed by atoms with E-state index < -0.39 is 21.7 Å². The molecule has 2 N–H and O–H groups in total. The Hall–Kier alpha value is -2.29. The van der Waals surface area contributed by atoms with Crippen molar-refractivity contribution in [2.45, 2.75) is 11.8 Å². The second kappa shape index (κ2) is 8.19. The van der Waals surface area contributed by atoms with Gasteiger partial charge in [0.25, 0.3) is 5.91 Å². The SMILES string of the molecule is COCCNS(=O)(=O)c1cccc(C(=O)Nc2cc(C)ccc2F)c1. The number of hydrogen-bond acceptors (Lipinski definition) is 4. The van der Waals surface area contributed by atoms with E-state index in [-0.39, 0.29) is 29.3 Å². The summed E-state index contributed by atoms with van der Waals surface area (Å²) in [4.78, 5) is 12.2. The Kier molecular flexibility index (Phi) is 6.24. The first-order chi connectivity index (χ1) is 11.8. The smallest absolute Gasteiger partial charge is 0.255 e. The maximum Gasteiger partial charge on any atom is 0.255 e. The highest BCUT2D eigenvalue weighted by atomic mass is 32.2. The van der Waals surface area contributed by atoms with Crippen molar-refractivity contribution in [1.82, 2.24) is 4.72 Å². The summed E-state index contributed by atoms with van der Waals surface area (Å²) < 4.78 is 45.3. The molecule has 134 valence electrons. The van der Waals surface area contributed by atoms with Gasteiger partial charge in [0.2, 0.25) is 10.0 Å². The van der Waals surface area contributed by atoms with Crippen LogP contribution in [-0.4, -0.2) is 34.6 Å². The van der Waals surface area contributed by atoms with Crippen molar-refractivity contribution in [2.24, 2.45) is 0 Å². The van der Waals surface area contributed by atoms with Crippen LogP contribution in [0.25, 0.3) is 0 Å². The van der Waals surface area contributed by atoms with Crippen molar-refractivity contribution in [3.05, 3.63) is 59.4 Å². The first kappa shape index (κ1) is 19.0. The summed E-state index contributed by atoms with van der Waals surface area (Å²) in [5, 5.41) is 2.45. The molecule has 0 bridgehead atoms. The topological polar surface area (TPSA) is 84.5 Å². The van der Waals surface area contributed by atoms with Gasteiger partial charge >= 0.3 is 0 Å². The van der Waals surface area contributed by atoms with Gasteiger partial charge in [-0.2, -0.15) is 0 Å². The minimum atomic E-state index is -3.76.